The number of ether oxygens (including phenoxy) is 2. The van der Waals surface area contributed by atoms with Gasteiger partial charge in [0.05, 0.1) is 11.2 Å². The number of carboxylic acid groups (broad SMARTS) is 1. The lowest BCUT2D eigenvalue weighted by Gasteiger charge is -2.00. The second-order valence-electron chi connectivity index (χ2n) is 3.94. The minimum atomic E-state index is -0.978. The van der Waals surface area contributed by atoms with Crippen LogP contribution in [0, 0.1) is 0 Å². The lowest BCUT2D eigenvalue weighted by molar-refractivity contribution is 0.0702. The molecule has 0 atom stereocenters. The Hall–Kier alpha value is -2.05. The Morgan fingerprint density at radius 2 is 2.25 bits per heavy atom. The third-order valence-corrected chi connectivity index (χ3v) is 3.83. The van der Waals surface area contributed by atoms with E-state index in [1.165, 1.54) is 6.20 Å². The number of fused-ring (bicyclic) bond motifs is 1. The highest BCUT2D eigenvalue weighted by Crippen LogP contribution is 2.40. The molecule has 0 radical (unpaired) electrons. The lowest BCUT2D eigenvalue weighted by Crippen LogP contribution is -1.93. The molecule has 0 saturated heterocycles. The van der Waals surface area contributed by atoms with Crippen LogP contribution < -0.4 is 9.47 Å². The van der Waals surface area contributed by atoms with Crippen molar-refractivity contribution in [1.29, 1.82) is 0 Å². The van der Waals surface area contributed by atoms with Crippen molar-refractivity contribution in [2.75, 3.05) is 6.79 Å². The first-order valence-electron chi connectivity index (χ1n) is 5.60. The van der Waals surface area contributed by atoms with E-state index in [9.17, 15) is 4.79 Å². The molecule has 1 N–H and O–H groups in total. The van der Waals surface area contributed by atoms with Crippen LogP contribution in [0.4, 0.5) is 0 Å². The Morgan fingerprint density at radius 1 is 1.40 bits per heavy atom. The fraction of sp³-hybridized carbons (Fsp3) is 0.0769. The maximum Gasteiger partial charge on any atom is 0.347 e. The molecule has 2 heterocycles. The van der Waals surface area contributed by atoms with Gasteiger partial charge in [-0.1, -0.05) is 17.7 Å². The van der Waals surface area contributed by atoms with E-state index in [1.54, 1.807) is 24.3 Å². The van der Waals surface area contributed by atoms with Gasteiger partial charge in [0.25, 0.3) is 0 Å². The monoisotopic (exact) mass is 309 g/mol. The van der Waals surface area contributed by atoms with Gasteiger partial charge in [0, 0.05) is 0 Å². The first kappa shape index (κ1) is 13.0. The lowest BCUT2D eigenvalue weighted by atomic mass is 10.2. The Morgan fingerprint density at radius 3 is 3.00 bits per heavy atom. The molecular weight excluding hydrogens is 302 g/mol. The van der Waals surface area contributed by atoms with Crippen LogP contribution in [0.3, 0.4) is 0 Å². The van der Waals surface area contributed by atoms with E-state index in [4.69, 9.17) is 26.2 Å². The van der Waals surface area contributed by atoms with Gasteiger partial charge >= 0.3 is 5.97 Å². The van der Waals surface area contributed by atoms with Crippen molar-refractivity contribution in [2.45, 2.75) is 0 Å². The van der Waals surface area contributed by atoms with Crippen LogP contribution in [-0.2, 0) is 0 Å². The summed E-state index contributed by atoms with van der Waals surface area (Å²) in [7, 11) is 0. The average Bonchev–Trinajstić information content (AvgIpc) is 3.05. The van der Waals surface area contributed by atoms with E-state index >= 15 is 0 Å². The number of rotatable bonds is 3. The number of thiazole rings is 1. The zero-order chi connectivity index (χ0) is 14.1. The normalized spacial score (nSPS) is 13.1. The molecule has 1 aliphatic rings. The maximum atomic E-state index is 10.8. The molecule has 0 spiro atoms. The van der Waals surface area contributed by atoms with Crippen molar-refractivity contribution in [1.82, 2.24) is 4.98 Å². The SMILES string of the molecule is O=C(O)c1cnc(/C=C\c2cc(Cl)c3c(c2)OCO3)s1. The molecule has 0 unspecified atom stereocenters. The minimum absolute atomic E-state index is 0.163. The Balaban J connectivity index is 1.85. The van der Waals surface area contributed by atoms with Crippen molar-refractivity contribution >= 4 is 41.1 Å². The number of aromatic nitrogens is 1. The van der Waals surface area contributed by atoms with Gasteiger partial charge in [0.2, 0.25) is 6.79 Å². The summed E-state index contributed by atoms with van der Waals surface area (Å²) in [5, 5.41) is 9.91. The van der Waals surface area contributed by atoms with Crippen LogP contribution in [0.15, 0.2) is 18.3 Å². The number of hydrogen-bond acceptors (Lipinski definition) is 5. The van der Waals surface area contributed by atoms with Crippen LogP contribution in [0.1, 0.15) is 20.2 Å². The van der Waals surface area contributed by atoms with Crippen LogP contribution in [0.2, 0.25) is 5.02 Å². The molecule has 7 heteroatoms. The predicted octanol–water partition coefficient (Wildman–Crippen LogP) is 3.39. The van der Waals surface area contributed by atoms with E-state index in [-0.39, 0.29) is 11.7 Å². The molecule has 102 valence electrons. The highest BCUT2D eigenvalue weighted by Gasteiger charge is 2.17. The number of nitrogens with zero attached hydrogens (tertiary/aromatic N) is 1. The number of aromatic carboxylic acids is 1. The molecule has 20 heavy (non-hydrogen) atoms. The van der Waals surface area contributed by atoms with Gasteiger partial charge in [-0.3, -0.25) is 0 Å². The minimum Gasteiger partial charge on any atom is -0.477 e. The number of benzene rings is 1. The van der Waals surface area contributed by atoms with Crippen molar-refractivity contribution in [2.24, 2.45) is 0 Å². The molecule has 1 aliphatic heterocycles. The number of halogens is 1. The molecule has 1 aromatic carbocycles. The van der Waals surface area contributed by atoms with Gasteiger partial charge < -0.3 is 14.6 Å². The fourth-order valence-electron chi connectivity index (χ4n) is 1.71. The summed E-state index contributed by atoms with van der Waals surface area (Å²) >= 11 is 7.18. The quantitative estimate of drug-likeness (QED) is 0.941. The molecule has 5 nitrogen and oxygen atoms in total. The smallest absolute Gasteiger partial charge is 0.347 e. The average molecular weight is 310 g/mol. The molecule has 0 aliphatic carbocycles. The van der Waals surface area contributed by atoms with Gasteiger partial charge in [-0.2, -0.15) is 0 Å². The van der Waals surface area contributed by atoms with E-state index in [0.29, 0.717) is 21.5 Å². The van der Waals surface area contributed by atoms with Gasteiger partial charge in [-0.05, 0) is 23.8 Å². The second-order valence-corrected chi connectivity index (χ2v) is 5.41. The molecule has 0 saturated carbocycles. The van der Waals surface area contributed by atoms with Crippen molar-refractivity contribution in [3.63, 3.8) is 0 Å². The molecular formula is C13H8ClNO4S. The van der Waals surface area contributed by atoms with Crippen molar-refractivity contribution in [3.05, 3.63) is 38.8 Å². The standard InChI is InChI=1S/C13H8ClNO4S/c14-8-3-7(4-9-12(8)19-6-18-9)1-2-11-15-5-10(20-11)13(16)17/h1-5H,6H2,(H,16,17)/b2-1-. The van der Waals surface area contributed by atoms with E-state index < -0.39 is 5.97 Å². The third-order valence-electron chi connectivity index (χ3n) is 2.60. The fourth-order valence-corrected chi connectivity index (χ4v) is 2.65. The summed E-state index contributed by atoms with van der Waals surface area (Å²) in [4.78, 5) is 15.0. The molecule has 3 rings (SSSR count). The summed E-state index contributed by atoms with van der Waals surface area (Å²) in [6.45, 7) is 0.163. The summed E-state index contributed by atoms with van der Waals surface area (Å²) in [5.74, 6) is 0.169. The number of carbonyl (C=O) groups is 1. The van der Waals surface area contributed by atoms with Gasteiger partial charge in [-0.25, -0.2) is 9.78 Å². The van der Waals surface area contributed by atoms with Crippen LogP contribution >= 0.6 is 22.9 Å². The van der Waals surface area contributed by atoms with Crippen LogP contribution in [0.25, 0.3) is 12.2 Å². The zero-order valence-corrected chi connectivity index (χ0v) is 11.6. The highest BCUT2D eigenvalue weighted by atomic mass is 35.5. The largest absolute Gasteiger partial charge is 0.477 e. The topological polar surface area (TPSA) is 68.7 Å². The van der Waals surface area contributed by atoms with Crippen LogP contribution in [-0.4, -0.2) is 22.9 Å². The number of carboxylic acids is 1. The first-order valence-corrected chi connectivity index (χ1v) is 6.79. The highest BCUT2D eigenvalue weighted by molar-refractivity contribution is 7.14. The molecule has 0 amide bonds. The zero-order valence-electron chi connectivity index (χ0n) is 10.00. The molecule has 1 aromatic heterocycles. The Labute approximate surface area is 123 Å². The molecule has 0 bridgehead atoms. The van der Waals surface area contributed by atoms with Crippen molar-refractivity contribution < 1.29 is 19.4 Å². The first-order chi connectivity index (χ1) is 9.63. The van der Waals surface area contributed by atoms with E-state index in [1.807, 2.05) is 0 Å². The molecule has 0 fully saturated rings. The summed E-state index contributed by atoms with van der Waals surface area (Å²) < 4.78 is 10.5. The Kier molecular flexibility index (Phi) is 3.33. The van der Waals surface area contributed by atoms with Crippen LogP contribution in [0.5, 0.6) is 11.5 Å². The Bertz CT molecular complexity index is 710. The van der Waals surface area contributed by atoms with E-state index in [0.717, 1.165) is 16.9 Å². The maximum absolute atomic E-state index is 10.8. The van der Waals surface area contributed by atoms with Gasteiger partial charge in [0.15, 0.2) is 11.5 Å². The van der Waals surface area contributed by atoms with Gasteiger partial charge in [0.1, 0.15) is 9.88 Å². The third kappa shape index (κ3) is 2.48. The van der Waals surface area contributed by atoms with Crippen molar-refractivity contribution in [3.8, 4) is 11.5 Å². The van der Waals surface area contributed by atoms with Gasteiger partial charge in [-0.15, -0.1) is 11.3 Å². The summed E-state index contributed by atoms with van der Waals surface area (Å²) in [6, 6.07) is 3.55. The molecule has 2 aromatic rings. The number of hydrogen-bond donors (Lipinski definition) is 1. The second kappa shape index (κ2) is 5.15. The summed E-state index contributed by atoms with van der Waals surface area (Å²) in [6.07, 6.45) is 4.85. The predicted molar refractivity (Wildman–Crippen MR) is 75.6 cm³/mol. The van der Waals surface area contributed by atoms with E-state index in [2.05, 4.69) is 4.98 Å². The summed E-state index contributed by atoms with van der Waals surface area (Å²) in [5.41, 5.74) is 0.825.